The van der Waals surface area contributed by atoms with E-state index in [1.54, 1.807) is 6.20 Å². The molecule has 0 fully saturated rings. The van der Waals surface area contributed by atoms with Gasteiger partial charge >= 0.3 is 0 Å². The molecule has 0 aliphatic heterocycles. The van der Waals surface area contributed by atoms with Gasteiger partial charge < -0.3 is 15.2 Å². The van der Waals surface area contributed by atoms with Gasteiger partial charge in [-0.2, -0.15) is 0 Å². The summed E-state index contributed by atoms with van der Waals surface area (Å²) in [4.78, 5) is 6.38. The molecule has 0 bridgehead atoms. The van der Waals surface area contributed by atoms with Crippen LogP contribution < -0.4 is 10.6 Å². The van der Waals surface area contributed by atoms with Gasteiger partial charge in [-0.05, 0) is 17.7 Å². The van der Waals surface area contributed by atoms with Crippen LogP contribution in [0.5, 0.6) is 0 Å². The van der Waals surface area contributed by atoms with Crippen molar-refractivity contribution in [3.63, 3.8) is 0 Å². The third kappa shape index (κ3) is 2.66. The van der Waals surface area contributed by atoms with Gasteiger partial charge in [0, 0.05) is 33.0 Å². The van der Waals surface area contributed by atoms with Gasteiger partial charge in [0.05, 0.1) is 17.3 Å². The highest BCUT2D eigenvalue weighted by Crippen LogP contribution is 2.26. The first-order chi connectivity index (χ1) is 8.61. The number of rotatable bonds is 4. The number of aromatic nitrogens is 2. The van der Waals surface area contributed by atoms with E-state index >= 15 is 0 Å². The number of nitrogens with two attached hydrogens (primary N) is 1. The molecule has 0 radical (unpaired) electrons. The van der Waals surface area contributed by atoms with Crippen LogP contribution in [-0.4, -0.2) is 16.6 Å². The van der Waals surface area contributed by atoms with E-state index in [0.29, 0.717) is 13.1 Å². The van der Waals surface area contributed by atoms with Crippen LogP contribution in [0.3, 0.4) is 0 Å². The van der Waals surface area contributed by atoms with Gasteiger partial charge in [0.15, 0.2) is 0 Å². The molecule has 0 unspecified atom stereocenters. The number of benzene rings is 1. The van der Waals surface area contributed by atoms with E-state index in [0.717, 1.165) is 22.1 Å². The number of imidazole rings is 1. The average Bonchev–Trinajstić information content (AvgIpc) is 2.74. The lowest BCUT2D eigenvalue weighted by molar-refractivity contribution is 0.761. The molecule has 4 nitrogen and oxygen atoms in total. The summed E-state index contributed by atoms with van der Waals surface area (Å²) < 4.78 is 2.00. The zero-order valence-electron chi connectivity index (χ0n) is 10.6. The summed E-state index contributed by atoms with van der Waals surface area (Å²) in [5.74, 6) is 0.997. The third-order valence-electron chi connectivity index (χ3n) is 2.96. The fourth-order valence-corrected chi connectivity index (χ4v) is 2.18. The fourth-order valence-electron chi connectivity index (χ4n) is 1.83. The molecule has 1 aromatic carbocycles. The Bertz CT molecular complexity index is 536. The average molecular weight is 265 g/mol. The molecule has 1 heterocycles. The monoisotopic (exact) mass is 264 g/mol. The lowest BCUT2D eigenvalue weighted by Gasteiger charge is -2.20. The molecule has 2 aromatic rings. The molecule has 0 saturated carbocycles. The van der Waals surface area contributed by atoms with Crippen LogP contribution in [0.25, 0.3) is 0 Å². The van der Waals surface area contributed by atoms with Gasteiger partial charge in [0.1, 0.15) is 5.82 Å². The molecular weight excluding hydrogens is 248 g/mol. The van der Waals surface area contributed by atoms with Crippen molar-refractivity contribution < 1.29 is 0 Å². The molecular formula is C13H17ClN4. The van der Waals surface area contributed by atoms with E-state index in [4.69, 9.17) is 17.3 Å². The van der Waals surface area contributed by atoms with Crippen molar-refractivity contribution >= 4 is 17.3 Å². The van der Waals surface area contributed by atoms with Crippen LogP contribution in [-0.2, 0) is 20.1 Å². The van der Waals surface area contributed by atoms with Crippen molar-refractivity contribution in [2.45, 2.75) is 13.1 Å². The number of halogens is 1. The lowest BCUT2D eigenvalue weighted by Crippen LogP contribution is -2.19. The van der Waals surface area contributed by atoms with E-state index in [9.17, 15) is 0 Å². The molecule has 0 aliphatic rings. The molecule has 2 rings (SSSR count). The van der Waals surface area contributed by atoms with Gasteiger partial charge in [-0.25, -0.2) is 4.98 Å². The minimum absolute atomic E-state index is 0.503. The van der Waals surface area contributed by atoms with Crippen LogP contribution in [0.4, 0.5) is 5.69 Å². The van der Waals surface area contributed by atoms with Gasteiger partial charge in [0.2, 0.25) is 0 Å². The largest absolute Gasteiger partial charge is 0.366 e. The van der Waals surface area contributed by atoms with E-state index < -0.39 is 0 Å². The highest BCUT2D eigenvalue weighted by Gasteiger charge is 2.09. The summed E-state index contributed by atoms with van der Waals surface area (Å²) in [7, 11) is 3.98. The maximum atomic E-state index is 6.26. The van der Waals surface area contributed by atoms with Gasteiger partial charge in [-0.1, -0.05) is 17.7 Å². The number of hydrogen-bond donors (Lipinski definition) is 1. The normalized spacial score (nSPS) is 10.7. The summed E-state index contributed by atoms with van der Waals surface area (Å²) in [5, 5.41) is 0.717. The zero-order valence-corrected chi connectivity index (χ0v) is 11.4. The minimum Gasteiger partial charge on any atom is -0.366 e. The number of aryl methyl sites for hydroxylation is 1. The minimum atomic E-state index is 0.503. The van der Waals surface area contributed by atoms with Crippen molar-refractivity contribution in [3.05, 3.63) is 47.0 Å². The van der Waals surface area contributed by atoms with Crippen LogP contribution >= 0.6 is 11.6 Å². The molecule has 0 amide bonds. The second-order valence-electron chi connectivity index (χ2n) is 4.30. The number of hydrogen-bond acceptors (Lipinski definition) is 3. The molecule has 1 aromatic heterocycles. The predicted molar refractivity (Wildman–Crippen MR) is 74.7 cm³/mol. The van der Waals surface area contributed by atoms with E-state index in [2.05, 4.69) is 9.88 Å². The Morgan fingerprint density at radius 1 is 1.44 bits per heavy atom. The fraction of sp³-hybridized carbons (Fsp3) is 0.308. The third-order valence-corrected chi connectivity index (χ3v) is 3.26. The standard InChI is InChI=1S/C13H17ClN4/c1-17-6-5-16-13(17)9-18(2)12-4-3-10(8-15)7-11(12)14/h3-7H,8-9,15H2,1-2H3. The van der Waals surface area contributed by atoms with Crippen molar-refractivity contribution in [3.8, 4) is 0 Å². The van der Waals surface area contributed by atoms with Gasteiger partial charge in [-0.15, -0.1) is 0 Å². The first-order valence-corrected chi connectivity index (χ1v) is 6.15. The Labute approximate surface area is 112 Å². The molecule has 2 N–H and O–H groups in total. The van der Waals surface area contributed by atoms with E-state index in [-0.39, 0.29) is 0 Å². The van der Waals surface area contributed by atoms with Crippen LogP contribution in [0.15, 0.2) is 30.6 Å². The smallest absolute Gasteiger partial charge is 0.127 e. The Morgan fingerprint density at radius 3 is 2.78 bits per heavy atom. The van der Waals surface area contributed by atoms with Crippen molar-refractivity contribution in [1.29, 1.82) is 0 Å². The second-order valence-corrected chi connectivity index (χ2v) is 4.71. The van der Waals surface area contributed by atoms with Crippen LogP contribution in [0, 0.1) is 0 Å². The summed E-state index contributed by atoms with van der Waals surface area (Å²) in [6.45, 7) is 1.22. The topological polar surface area (TPSA) is 47.1 Å². The van der Waals surface area contributed by atoms with Crippen molar-refractivity contribution in [2.75, 3.05) is 11.9 Å². The Morgan fingerprint density at radius 2 is 2.22 bits per heavy atom. The highest BCUT2D eigenvalue weighted by atomic mass is 35.5. The second kappa shape index (κ2) is 5.42. The van der Waals surface area contributed by atoms with Gasteiger partial charge in [0.25, 0.3) is 0 Å². The van der Waals surface area contributed by atoms with E-state index in [1.807, 2.05) is 43.1 Å². The quantitative estimate of drug-likeness (QED) is 0.921. The predicted octanol–water partition coefficient (Wildman–Crippen LogP) is 2.17. The maximum absolute atomic E-state index is 6.26. The van der Waals surface area contributed by atoms with Crippen molar-refractivity contribution in [2.24, 2.45) is 12.8 Å². The highest BCUT2D eigenvalue weighted by molar-refractivity contribution is 6.33. The van der Waals surface area contributed by atoms with Crippen LogP contribution in [0.2, 0.25) is 5.02 Å². The molecule has 0 atom stereocenters. The molecule has 0 spiro atoms. The molecule has 0 aliphatic carbocycles. The Hall–Kier alpha value is -1.52. The molecule has 96 valence electrons. The maximum Gasteiger partial charge on any atom is 0.127 e. The van der Waals surface area contributed by atoms with Gasteiger partial charge in [-0.3, -0.25) is 0 Å². The Balaban J connectivity index is 2.19. The Kier molecular flexibility index (Phi) is 3.89. The summed E-state index contributed by atoms with van der Waals surface area (Å²) in [6, 6.07) is 5.90. The molecule has 18 heavy (non-hydrogen) atoms. The summed E-state index contributed by atoms with van der Waals surface area (Å²) in [5.41, 5.74) is 7.61. The molecule has 0 saturated heterocycles. The first-order valence-electron chi connectivity index (χ1n) is 5.77. The lowest BCUT2D eigenvalue weighted by atomic mass is 10.2. The zero-order chi connectivity index (χ0) is 13.1. The van der Waals surface area contributed by atoms with Crippen molar-refractivity contribution in [1.82, 2.24) is 9.55 Å². The van der Waals surface area contributed by atoms with Crippen LogP contribution in [0.1, 0.15) is 11.4 Å². The summed E-state index contributed by atoms with van der Waals surface area (Å²) in [6.07, 6.45) is 3.73. The molecule has 5 heteroatoms. The number of nitrogens with zero attached hydrogens (tertiary/aromatic N) is 3. The number of anilines is 1. The first kappa shape index (κ1) is 12.9. The van der Waals surface area contributed by atoms with E-state index in [1.165, 1.54) is 0 Å². The SMILES string of the molecule is CN(Cc1nccn1C)c1ccc(CN)cc1Cl. The summed E-state index contributed by atoms with van der Waals surface area (Å²) >= 11 is 6.26.